The van der Waals surface area contributed by atoms with Crippen LogP contribution in [-0.2, 0) is 9.59 Å². The van der Waals surface area contributed by atoms with Crippen LogP contribution in [0, 0.1) is 11.8 Å². The van der Waals surface area contributed by atoms with Gasteiger partial charge in [-0.05, 0) is 38.6 Å². The number of aliphatic carboxylic acids is 1. The molecule has 0 aliphatic carbocycles. The minimum Gasteiger partial charge on any atom is -0.481 e. The molecule has 1 aliphatic rings. The summed E-state index contributed by atoms with van der Waals surface area (Å²) in [6, 6.07) is 0. The summed E-state index contributed by atoms with van der Waals surface area (Å²) in [5.41, 5.74) is -0.527. The Morgan fingerprint density at radius 1 is 1.44 bits per heavy atom. The fourth-order valence-corrected chi connectivity index (χ4v) is 2.34. The van der Waals surface area contributed by atoms with Gasteiger partial charge in [0, 0.05) is 6.54 Å². The third kappa shape index (κ3) is 3.98. The van der Waals surface area contributed by atoms with Crippen LogP contribution in [0.25, 0.3) is 0 Å². The minimum absolute atomic E-state index is 0.0880. The number of carboxylic acids is 1. The quantitative estimate of drug-likeness (QED) is 0.662. The lowest BCUT2D eigenvalue weighted by Gasteiger charge is -2.24. The van der Waals surface area contributed by atoms with Crippen LogP contribution in [0.3, 0.4) is 0 Å². The summed E-state index contributed by atoms with van der Waals surface area (Å²) in [5, 5.41) is 15.0. The van der Waals surface area contributed by atoms with Gasteiger partial charge in [-0.25, -0.2) is 0 Å². The first-order valence-electron chi connectivity index (χ1n) is 6.61. The monoisotopic (exact) mass is 256 g/mol. The zero-order valence-corrected chi connectivity index (χ0v) is 11.5. The largest absolute Gasteiger partial charge is 0.481 e. The molecule has 5 nitrogen and oxygen atoms in total. The summed E-state index contributed by atoms with van der Waals surface area (Å²) in [4.78, 5) is 23.1. The first-order valence-corrected chi connectivity index (χ1v) is 6.61. The second-order valence-corrected chi connectivity index (χ2v) is 5.74. The SMILES string of the molecule is CC(C)CC(CNC(=O)C1(C)CCCN1)C(=O)O. The second kappa shape index (κ2) is 6.18. The maximum atomic E-state index is 12.0. The van der Waals surface area contributed by atoms with Crippen molar-refractivity contribution in [2.24, 2.45) is 11.8 Å². The van der Waals surface area contributed by atoms with Gasteiger partial charge >= 0.3 is 5.97 Å². The zero-order valence-electron chi connectivity index (χ0n) is 11.5. The lowest BCUT2D eigenvalue weighted by molar-refractivity contribution is -0.142. The smallest absolute Gasteiger partial charge is 0.308 e. The lowest BCUT2D eigenvalue weighted by Crippen LogP contribution is -2.52. The highest BCUT2D eigenvalue weighted by Gasteiger charge is 2.36. The molecule has 5 heteroatoms. The summed E-state index contributed by atoms with van der Waals surface area (Å²) >= 11 is 0. The standard InChI is InChI=1S/C13H24N2O3/c1-9(2)7-10(11(16)17)8-14-12(18)13(3)5-4-6-15-13/h9-10,15H,4-8H2,1-3H3,(H,14,18)(H,16,17). The van der Waals surface area contributed by atoms with E-state index >= 15 is 0 Å². The number of nitrogens with one attached hydrogen (secondary N) is 2. The Bertz CT molecular complexity index is 309. The molecule has 0 aromatic heterocycles. The van der Waals surface area contributed by atoms with E-state index in [2.05, 4.69) is 10.6 Å². The molecule has 1 rings (SSSR count). The van der Waals surface area contributed by atoms with E-state index in [-0.39, 0.29) is 12.5 Å². The van der Waals surface area contributed by atoms with Crippen LogP contribution in [0.2, 0.25) is 0 Å². The summed E-state index contributed by atoms with van der Waals surface area (Å²) in [6.07, 6.45) is 2.37. The highest BCUT2D eigenvalue weighted by atomic mass is 16.4. The molecular weight excluding hydrogens is 232 g/mol. The molecule has 1 fully saturated rings. The number of rotatable bonds is 6. The van der Waals surface area contributed by atoms with Gasteiger partial charge in [-0.2, -0.15) is 0 Å². The van der Waals surface area contributed by atoms with Gasteiger partial charge in [-0.3, -0.25) is 9.59 Å². The van der Waals surface area contributed by atoms with Gasteiger partial charge < -0.3 is 15.7 Å². The first kappa shape index (κ1) is 15.0. The van der Waals surface area contributed by atoms with Crippen molar-refractivity contribution in [2.45, 2.75) is 45.6 Å². The van der Waals surface area contributed by atoms with Crippen LogP contribution in [0.15, 0.2) is 0 Å². The van der Waals surface area contributed by atoms with Gasteiger partial charge in [-0.1, -0.05) is 13.8 Å². The van der Waals surface area contributed by atoms with E-state index in [0.717, 1.165) is 19.4 Å². The van der Waals surface area contributed by atoms with E-state index in [1.165, 1.54) is 0 Å². The molecule has 3 N–H and O–H groups in total. The van der Waals surface area contributed by atoms with Crippen molar-refractivity contribution in [2.75, 3.05) is 13.1 Å². The summed E-state index contributed by atoms with van der Waals surface area (Å²) in [7, 11) is 0. The third-order valence-electron chi connectivity index (χ3n) is 3.48. The van der Waals surface area contributed by atoms with Crippen LogP contribution >= 0.6 is 0 Å². The molecule has 1 heterocycles. The maximum absolute atomic E-state index is 12.0. The number of hydrogen-bond acceptors (Lipinski definition) is 3. The highest BCUT2D eigenvalue weighted by Crippen LogP contribution is 2.19. The maximum Gasteiger partial charge on any atom is 0.308 e. The Morgan fingerprint density at radius 2 is 2.11 bits per heavy atom. The Morgan fingerprint density at radius 3 is 2.56 bits per heavy atom. The van der Waals surface area contributed by atoms with Crippen molar-refractivity contribution in [1.29, 1.82) is 0 Å². The predicted octanol–water partition coefficient (Wildman–Crippen LogP) is 0.992. The van der Waals surface area contributed by atoms with Crippen LogP contribution in [-0.4, -0.2) is 35.6 Å². The summed E-state index contributed by atoms with van der Waals surface area (Å²) < 4.78 is 0. The van der Waals surface area contributed by atoms with Crippen LogP contribution in [0.5, 0.6) is 0 Å². The van der Waals surface area contributed by atoms with E-state index in [9.17, 15) is 9.59 Å². The first-order chi connectivity index (χ1) is 8.35. The molecule has 0 aromatic rings. The van der Waals surface area contributed by atoms with E-state index in [4.69, 9.17) is 5.11 Å². The molecule has 0 aromatic carbocycles. The van der Waals surface area contributed by atoms with Crippen molar-refractivity contribution >= 4 is 11.9 Å². The number of carbonyl (C=O) groups excluding carboxylic acids is 1. The summed E-state index contributed by atoms with van der Waals surface area (Å²) in [6.45, 7) is 6.89. The zero-order chi connectivity index (χ0) is 13.8. The average Bonchev–Trinajstić information content (AvgIpc) is 2.71. The van der Waals surface area contributed by atoms with Gasteiger partial charge in [0.05, 0.1) is 11.5 Å². The molecule has 1 saturated heterocycles. The molecule has 2 unspecified atom stereocenters. The molecule has 1 aliphatic heterocycles. The number of carbonyl (C=O) groups is 2. The molecule has 1 amide bonds. The third-order valence-corrected chi connectivity index (χ3v) is 3.48. The van der Waals surface area contributed by atoms with Crippen molar-refractivity contribution in [1.82, 2.24) is 10.6 Å². The fraction of sp³-hybridized carbons (Fsp3) is 0.846. The average molecular weight is 256 g/mol. The van der Waals surface area contributed by atoms with E-state index < -0.39 is 17.4 Å². The molecule has 0 spiro atoms. The Labute approximate surface area is 108 Å². The highest BCUT2D eigenvalue weighted by molar-refractivity contribution is 5.86. The Balaban J connectivity index is 2.46. The molecular formula is C13H24N2O3. The normalized spacial score (nSPS) is 25.1. The molecule has 104 valence electrons. The Kier molecular flexibility index (Phi) is 5.14. The van der Waals surface area contributed by atoms with Gasteiger partial charge in [-0.15, -0.1) is 0 Å². The van der Waals surface area contributed by atoms with E-state index in [1.54, 1.807) is 0 Å². The number of hydrogen-bond donors (Lipinski definition) is 3. The van der Waals surface area contributed by atoms with Gasteiger partial charge in [0.25, 0.3) is 0 Å². The summed E-state index contributed by atoms with van der Waals surface area (Å²) in [5.74, 6) is -1.12. The van der Waals surface area contributed by atoms with Crippen LogP contribution in [0.1, 0.15) is 40.0 Å². The molecule has 2 atom stereocenters. The molecule has 0 radical (unpaired) electrons. The van der Waals surface area contributed by atoms with Crippen molar-refractivity contribution in [3.63, 3.8) is 0 Å². The van der Waals surface area contributed by atoms with E-state index in [1.807, 2.05) is 20.8 Å². The lowest BCUT2D eigenvalue weighted by atomic mass is 9.95. The Hall–Kier alpha value is -1.10. The number of amides is 1. The van der Waals surface area contributed by atoms with Gasteiger partial charge in [0.1, 0.15) is 0 Å². The van der Waals surface area contributed by atoms with Crippen molar-refractivity contribution in [3.05, 3.63) is 0 Å². The van der Waals surface area contributed by atoms with Crippen molar-refractivity contribution < 1.29 is 14.7 Å². The van der Waals surface area contributed by atoms with Gasteiger partial charge in [0.2, 0.25) is 5.91 Å². The van der Waals surface area contributed by atoms with Crippen LogP contribution in [0.4, 0.5) is 0 Å². The van der Waals surface area contributed by atoms with Gasteiger partial charge in [0.15, 0.2) is 0 Å². The second-order valence-electron chi connectivity index (χ2n) is 5.74. The molecule has 18 heavy (non-hydrogen) atoms. The molecule has 0 bridgehead atoms. The van der Waals surface area contributed by atoms with Crippen LogP contribution < -0.4 is 10.6 Å². The number of carboxylic acid groups (broad SMARTS) is 1. The minimum atomic E-state index is -0.839. The van der Waals surface area contributed by atoms with Crippen molar-refractivity contribution in [3.8, 4) is 0 Å². The topological polar surface area (TPSA) is 78.4 Å². The fourth-order valence-electron chi connectivity index (χ4n) is 2.34. The predicted molar refractivity (Wildman–Crippen MR) is 69.2 cm³/mol. The van der Waals surface area contributed by atoms with E-state index in [0.29, 0.717) is 12.3 Å². The molecule has 0 saturated carbocycles.